The fourth-order valence-electron chi connectivity index (χ4n) is 2.10. The van der Waals surface area contributed by atoms with Gasteiger partial charge in [0, 0.05) is 12.1 Å². The molecule has 0 saturated carbocycles. The molecule has 0 spiro atoms. The summed E-state index contributed by atoms with van der Waals surface area (Å²) in [7, 11) is 1.51. The van der Waals surface area contributed by atoms with Crippen LogP contribution in [-0.4, -0.2) is 30.8 Å². The number of methoxy groups -OCH3 is 1. The van der Waals surface area contributed by atoms with Crippen molar-refractivity contribution in [1.82, 2.24) is 5.32 Å². The van der Waals surface area contributed by atoms with Gasteiger partial charge in [0.1, 0.15) is 12.4 Å². The Balaban J connectivity index is 1.85. The summed E-state index contributed by atoms with van der Waals surface area (Å²) in [6.45, 7) is 0.443. The first-order valence-electron chi connectivity index (χ1n) is 7.62. The van der Waals surface area contributed by atoms with E-state index < -0.39 is 12.1 Å². The maximum absolute atomic E-state index is 11.6. The summed E-state index contributed by atoms with van der Waals surface area (Å²) in [5.74, 6) is -0.465. The van der Waals surface area contributed by atoms with E-state index in [-0.39, 0.29) is 18.7 Å². The van der Waals surface area contributed by atoms with E-state index in [9.17, 15) is 9.59 Å². The van der Waals surface area contributed by atoms with Crippen molar-refractivity contribution in [2.75, 3.05) is 13.7 Å². The van der Waals surface area contributed by atoms with E-state index in [2.05, 4.69) is 5.32 Å². The van der Waals surface area contributed by atoms with Crippen LogP contribution >= 0.6 is 0 Å². The molecule has 0 aromatic heterocycles. The quantitative estimate of drug-likeness (QED) is 0.807. The number of amides is 1. The summed E-state index contributed by atoms with van der Waals surface area (Å²) in [5.41, 5.74) is 1.68. The molecule has 25 heavy (non-hydrogen) atoms. The highest BCUT2D eigenvalue weighted by atomic mass is 16.5. The van der Waals surface area contributed by atoms with Crippen molar-refractivity contribution in [2.45, 2.75) is 6.61 Å². The molecule has 0 radical (unpaired) electrons. The molecule has 6 heteroatoms. The van der Waals surface area contributed by atoms with E-state index in [4.69, 9.17) is 14.6 Å². The number of aromatic carboxylic acids is 1. The predicted octanol–water partition coefficient (Wildman–Crippen LogP) is 3.33. The van der Waals surface area contributed by atoms with Gasteiger partial charge < -0.3 is 19.9 Å². The highest BCUT2D eigenvalue weighted by Crippen LogP contribution is 2.21. The minimum Gasteiger partial charge on any atom is -0.496 e. The van der Waals surface area contributed by atoms with Gasteiger partial charge in [0.25, 0.3) is 0 Å². The smallest absolute Gasteiger partial charge is 0.407 e. The van der Waals surface area contributed by atoms with Gasteiger partial charge in [-0.15, -0.1) is 0 Å². The molecule has 0 aliphatic carbocycles. The summed E-state index contributed by atoms with van der Waals surface area (Å²) in [5, 5.41) is 11.6. The molecule has 0 bridgehead atoms. The second-order valence-corrected chi connectivity index (χ2v) is 5.11. The van der Waals surface area contributed by atoms with Gasteiger partial charge >= 0.3 is 12.1 Å². The van der Waals surface area contributed by atoms with Crippen LogP contribution in [0, 0.1) is 0 Å². The number of ether oxygens (including phenoxy) is 2. The minimum absolute atomic E-state index is 0.163. The van der Waals surface area contributed by atoms with E-state index in [1.807, 2.05) is 30.3 Å². The number of hydrogen-bond acceptors (Lipinski definition) is 4. The van der Waals surface area contributed by atoms with Crippen molar-refractivity contribution >= 4 is 18.1 Å². The molecule has 2 N–H and O–H groups in total. The fraction of sp³-hybridized carbons (Fsp3) is 0.158. The van der Waals surface area contributed by atoms with Crippen molar-refractivity contribution in [2.24, 2.45) is 0 Å². The average molecular weight is 341 g/mol. The normalized spacial score (nSPS) is 10.4. The van der Waals surface area contributed by atoms with Gasteiger partial charge in [-0.1, -0.05) is 42.5 Å². The molecule has 0 unspecified atom stereocenters. The predicted molar refractivity (Wildman–Crippen MR) is 93.6 cm³/mol. The van der Waals surface area contributed by atoms with Gasteiger partial charge in [-0.3, -0.25) is 0 Å². The number of hydrogen-bond donors (Lipinski definition) is 2. The number of carboxylic acid groups (broad SMARTS) is 1. The molecule has 0 fully saturated rings. The second kappa shape index (κ2) is 9.12. The number of carbonyl (C=O) groups excluding carboxylic acids is 1. The molecule has 2 aromatic carbocycles. The summed E-state index contributed by atoms with van der Waals surface area (Å²) in [4.78, 5) is 22.6. The van der Waals surface area contributed by atoms with Crippen LogP contribution in [0.3, 0.4) is 0 Å². The van der Waals surface area contributed by atoms with Crippen LogP contribution in [0.5, 0.6) is 5.75 Å². The Labute approximate surface area is 145 Å². The molecular weight excluding hydrogens is 322 g/mol. The van der Waals surface area contributed by atoms with Gasteiger partial charge in [0.05, 0.1) is 12.7 Å². The van der Waals surface area contributed by atoms with Crippen LogP contribution in [-0.2, 0) is 11.3 Å². The van der Waals surface area contributed by atoms with Crippen LogP contribution in [0.2, 0.25) is 0 Å². The van der Waals surface area contributed by atoms with E-state index in [0.29, 0.717) is 11.3 Å². The third kappa shape index (κ3) is 5.69. The van der Waals surface area contributed by atoms with Crippen molar-refractivity contribution < 1.29 is 24.2 Å². The zero-order valence-electron chi connectivity index (χ0n) is 13.8. The van der Waals surface area contributed by atoms with E-state index in [1.54, 1.807) is 18.2 Å². The Morgan fingerprint density at radius 3 is 2.60 bits per heavy atom. The van der Waals surface area contributed by atoms with E-state index >= 15 is 0 Å². The topological polar surface area (TPSA) is 84.9 Å². The third-order valence-corrected chi connectivity index (χ3v) is 3.35. The summed E-state index contributed by atoms with van der Waals surface area (Å²) >= 11 is 0. The monoisotopic (exact) mass is 341 g/mol. The zero-order valence-corrected chi connectivity index (χ0v) is 13.8. The van der Waals surface area contributed by atoms with Crippen molar-refractivity contribution in [3.8, 4) is 5.75 Å². The highest BCUT2D eigenvalue weighted by Gasteiger charge is 2.07. The van der Waals surface area contributed by atoms with Crippen LogP contribution in [0.1, 0.15) is 21.5 Å². The molecule has 0 atom stereocenters. The molecule has 0 aliphatic rings. The second-order valence-electron chi connectivity index (χ2n) is 5.11. The summed E-state index contributed by atoms with van der Waals surface area (Å²) < 4.78 is 10.3. The zero-order chi connectivity index (χ0) is 18.1. The van der Waals surface area contributed by atoms with Gasteiger partial charge in [-0.05, 0) is 23.8 Å². The molecule has 6 nitrogen and oxygen atoms in total. The van der Waals surface area contributed by atoms with Gasteiger partial charge in [-0.2, -0.15) is 0 Å². The molecule has 0 aliphatic heterocycles. The van der Waals surface area contributed by atoms with Crippen molar-refractivity contribution in [3.05, 3.63) is 71.3 Å². The molecule has 2 rings (SSSR count). The SMILES string of the molecule is COc1ccc(C(=O)O)cc1C=CCNC(=O)OCc1ccccc1. The number of benzene rings is 2. The lowest BCUT2D eigenvalue weighted by molar-refractivity contribution is 0.0696. The number of nitrogens with one attached hydrogen (secondary N) is 1. The standard InChI is InChI=1S/C19H19NO5/c1-24-17-10-9-16(18(21)22)12-15(17)8-5-11-20-19(23)25-13-14-6-3-2-4-7-14/h2-10,12H,11,13H2,1H3,(H,20,23)(H,21,22). The highest BCUT2D eigenvalue weighted by molar-refractivity contribution is 5.89. The Morgan fingerprint density at radius 2 is 1.92 bits per heavy atom. The number of rotatable bonds is 7. The lowest BCUT2D eigenvalue weighted by Gasteiger charge is -2.07. The number of carbonyl (C=O) groups is 2. The molecular formula is C19H19NO5. The van der Waals surface area contributed by atoms with Crippen molar-refractivity contribution in [1.29, 1.82) is 0 Å². The maximum atomic E-state index is 11.6. The van der Waals surface area contributed by atoms with Crippen LogP contribution < -0.4 is 10.1 Å². The lowest BCUT2D eigenvalue weighted by atomic mass is 10.1. The maximum Gasteiger partial charge on any atom is 0.407 e. The lowest BCUT2D eigenvalue weighted by Crippen LogP contribution is -2.24. The molecule has 1 amide bonds. The molecule has 0 heterocycles. The molecule has 0 saturated heterocycles. The first-order valence-corrected chi connectivity index (χ1v) is 7.62. The Hall–Kier alpha value is -3.28. The van der Waals surface area contributed by atoms with E-state index in [1.165, 1.54) is 19.2 Å². The molecule has 2 aromatic rings. The largest absolute Gasteiger partial charge is 0.496 e. The minimum atomic E-state index is -1.01. The van der Waals surface area contributed by atoms with Gasteiger partial charge in [-0.25, -0.2) is 9.59 Å². The third-order valence-electron chi connectivity index (χ3n) is 3.35. The van der Waals surface area contributed by atoms with Crippen LogP contribution in [0.15, 0.2) is 54.6 Å². The fourth-order valence-corrected chi connectivity index (χ4v) is 2.10. The van der Waals surface area contributed by atoms with E-state index in [0.717, 1.165) is 5.56 Å². The first-order chi connectivity index (χ1) is 12.1. The van der Waals surface area contributed by atoms with Crippen LogP contribution in [0.4, 0.5) is 4.79 Å². The number of carboxylic acids is 1. The molecule has 130 valence electrons. The van der Waals surface area contributed by atoms with Gasteiger partial charge in [0.2, 0.25) is 0 Å². The summed E-state index contributed by atoms with van der Waals surface area (Å²) in [6, 6.07) is 13.9. The first kappa shape index (κ1) is 18.1. The summed E-state index contributed by atoms with van der Waals surface area (Å²) in [6.07, 6.45) is 2.84. The average Bonchev–Trinajstić information content (AvgIpc) is 2.64. The van der Waals surface area contributed by atoms with Crippen molar-refractivity contribution in [3.63, 3.8) is 0 Å². The Morgan fingerprint density at radius 1 is 1.16 bits per heavy atom. The van der Waals surface area contributed by atoms with Gasteiger partial charge in [0.15, 0.2) is 0 Å². The van der Waals surface area contributed by atoms with Crippen LogP contribution in [0.25, 0.3) is 6.08 Å². The number of alkyl carbamates (subject to hydrolysis) is 1. The Kier molecular flexibility index (Phi) is 6.59. The Bertz CT molecular complexity index is 756.